The summed E-state index contributed by atoms with van der Waals surface area (Å²) >= 11 is 0. The van der Waals surface area contributed by atoms with Crippen molar-refractivity contribution in [2.75, 3.05) is 50.7 Å². The Morgan fingerprint density at radius 2 is 1.74 bits per heavy atom. The van der Waals surface area contributed by atoms with Gasteiger partial charge in [-0.3, -0.25) is 9.59 Å². The van der Waals surface area contributed by atoms with E-state index in [9.17, 15) is 18.4 Å². The smallest absolute Gasteiger partial charge is 0.261 e. The maximum atomic E-state index is 14.5. The maximum absolute atomic E-state index is 14.5. The van der Waals surface area contributed by atoms with Crippen molar-refractivity contribution in [1.29, 1.82) is 0 Å². The van der Waals surface area contributed by atoms with Crippen molar-refractivity contribution in [1.82, 2.24) is 9.55 Å². The lowest BCUT2D eigenvalue weighted by molar-refractivity contribution is 0.102. The van der Waals surface area contributed by atoms with Crippen LogP contribution in [-0.4, -0.2) is 56.0 Å². The summed E-state index contributed by atoms with van der Waals surface area (Å²) in [4.78, 5) is 33.2. The number of halogens is 2. The van der Waals surface area contributed by atoms with E-state index < -0.39 is 23.0 Å². The Bertz CT molecular complexity index is 1560. The van der Waals surface area contributed by atoms with E-state index in [0.29, 0.717) is 18.9 Å². The van der Waals surface area contributed by atoms with E-state index in [-0.39, 0.29) is 40.3 Å². The number of rotatable bonds is 7. The molecule has 3 heterocycles. The second-order valence-corrected chi connectivity index (χ2v) is 8.87. The summed E-state index contributed by atoms with van der Waals surface area (Å²) in [5, 5.41) is 2.73. The number of morpholine rings is 1. The van der Waals surface area contributed by atoms with Gasteiger partial charge in [0.15, 0.2) is 5.75 Å². The fraction of sp³-hybridized carbons (Fsp3) is 0.250. The maximum Gasteiger partial charge on any atom is 0.261 e. The molecule has 1 saturated heterocycles. The van der Waals surface area contributed by atoms with Gasteiger partial charge in [-0.2, -0.15) is 0 Å². The largest absolute Gasteiger partial charge is 0.491 e. The molecule has 1 aliphatic heterocycles. The molecule has 1 N–H and O–H groups in total. The number of carbonyl (C=O) groups is 1. The van der Waals surface area contributed by atoms with Gasteiger partial charge in [-0.1, -0.05) is 6.07 Å². The fourth-order valence-electron chi connectivity index (χ4n) is 4.48. The molecule has 4 aromatic rings. The van der Waals surface area contributed by atoms with Gasteiger partial charge < -0.3 is 29.0 Å². The molecule has 2 aromatic heterocycles. The van der Waals surface area contributed by atoms with Crippen molar-refractivity contribution in [2.45, 2.75) is 6.54 Å². The van der Waals surface area contributed by atoms with Gasteiger partial charge >= 0.3 is 0 Å². The van der Waals surface area contributed by atoms with E-state index in [1.807, 2.05) is 12.1 Å². The number of methoxy groups -OCH3 is 2. The Balaban J connectivity index is 1.54. The summed E-state index contributed by atoms with van der Waals surface area (Å²) in [6.45, 7) is 2.53. The first kappa shape index (κ1) is 26.1. The van der Waals surface area contributed by atoms with Gasteiger partial charge in [-0.05, 0) is 36.4 Å². The van der Waals surface area contributed by atoms with Crippen LogP contribution in [-0.2, 0) is 11.3 Å². The van der Waals surface area contributed by atoms with Crippen molar-refractivity contribution >= 4 is 28.3 Å². The Morgan fingerprint density at radius 1 is 1.05 bits per heavy atom. The first-order valence-corrected chi connectivity index (χ1v) is 12.2. The summed E-state index contributed by atoms with van der Waals surface area (Å²) < 4.78 is 46.4. The molecule has 9 nitrogen and oxygen atoms in total. The van der Waals surface area contributed by atoms with E-state index in [1.54, 1.807) is 12.1 Å². The Morgan fingerprint density at radius 3 is 2.38 bits per heavy atom. The third-order valence-corrected chi connectivity index (χ3v) is 6.54. The van der Waals surface area contributed by atoms with E-state index in [2.05, 4.69) is 15.2 Å². The van der Waals surface area contributed by atoms with Crippen LogP contribution in [0.15, 0.2) is 59.5 Å². The number of hydrogen-bond acceptors (Lipinski definition) is 7. The molecule has 2 aromatic carbocycles. The van der Waals surface area contributed by atoms with Crippen LogP contribution in [0.2, 0.25) is 0 Å². The number of benzene rings is 2. The van der Waals surface area contributed by atoms with Crippen LogP contribution in [0.5, 0.6) is 11.6 Å². The lowest BCUT2D eigenvalue weighted by Gasteiger charge is -2.28. The highest BCUT2D eigenvalue weighted by Gasteiger charge is 2.21. The molecule has 0 saturated carbocycles. The first-order valence-electron chi connectivity index (χ1n) is 12.2. The van der Waals surface area contributed by atoms with Crippen LogP contribution in [0.3, 0.4) is 0 Å². The zero-order valence-electron chi connectivity index (χ0n) is 21.4. The number of anilines is 2. The third kappa shape index (κ3) is 5.26. The predicted molar refractivity (Wildman–Crippen MR) is 142 cm³/mol. The number of nitrogens with zero attached hydrogens (tertiary/aromatic N) is 3. The number of nitrogens with one attached hydrogen (secondary N) is 1. The molecule has 1 fully saturated rings. The zero-order chi connectivity index (χ0) is 27.5. The average molecular weight is 537 g/mol. The van der Waals surface area contributed by atoms with Crippen LogP contribution >= 0.6 is 0 Å². The van der Waals surface area contributed by atoms with Crippen LogP contribution in [0, 0.1) is 11.6 Å². The molecular weight excluding hydrogens is 510 g/mol. The molecule has 39 heavy (non-hydrogen) atoms. The number of hydrogen-bond donors (Lipinski definition) is 1. The van der Waals surface area contributed by atoms with Gasteiger partial charge in [0, 0.05) is 42.3 Å². The second kappa shape index (κ2) is 11.1. The topological polar surface area (TPSA) is 94.9 Å². The summed E-state index contributed by atoms with van der Waals surface area (Å²) in [5.41, 5.74) is 0.411. The Hall–Kier alpha value is -4.51. The number of aromatic nitrogens is 2. The van der Waals surface area contributed by atoms with Crippen LogP contribution in [0.1, 0.15) is 15.9 Å². The number of ether oxygens (including phenoxy) is 3. The predicted octanol–water partition coefficient (Wildman–Crippen LogP) is 3.83. The SMILES string of the molecule is COc1cc2c(nc1OC)c(=O)c(C(=O)Nc1ccc(N3CCOCC3)cc1)cn2Cc1c(F)cccc1F. The van der Waals surface area contributed by atoms with Crippen molar-refractivity contribution in [3.8, 4) is 11.6 Å². The van der Waals surface area contributed by atoms with Crippen molar-refractivity contribution in [3.63, 3.8) is 0 Å². The van der Waals surface area contributed by atoms with E-state index in [1.165, 1.54) is 37.1 Å². The monoisotopic (exact) mass is 536 g/mol. The van der Waals surface area contributed by atoms with Gasteiger partial charge in [0.1, 0.15) is 22.7 Å². The third-order valence-electron chi connectivity index (χ3n) is 6.54. The quantitative estimate of drug-likeness (QED) is 0.384. The van der Waals surface area contributed by atoms with Crippen molar-refractivity contribution < 1.29 is 27.8 Å². The molecule has 0 radical (unpaired) electrons. The van der Waals surface area contributed by atoms with Gasteiger partial charge in [-0.25, -0.2) is 13.8 Å². The molecular formula is C28H26F2N4O5. The fourth-order valence-corrected chi connectivity index (χ4v) is 4.48. The number of carbonyl (C=O) groups excluding carboxylic acids is 1. The highest BCUT2D eigenvalue weighted by Crippen LogP contribution is 2.29. The lowest BCUT2D eigenvalue weighted by Crippen LogP contribution is -2.36. The minimum absolute atomic E-state index is 0.0296. The Kier molecular flexibility index (Phi) is 7.42. The van der Waals surface area contributed by atoms with Crippen molar-refractivity contribution in [3.05, 3.63) is 87.7 Å². The summed E-state index contributed by atoms with van der Waals surface area (Å²) in [7, 11) is 2.76. The molecule has 0 atom stereocenters. The minimum Gasteiger partial charge on any atom is -0.491 e. The molecule has 0 spiro atoms. The Labute approximate surface area is 222 Å². The molecule has 1 amide bonds. The molecule has 202 valence electrons. The summed E-state index contributed by atoms with van der Waals surface area (Å²) in [6, 6.07) is 12.2. The van der Waals surface area contributed by atoms with E-state index in [0.717, 1.165) is 30.9 Å². The zero-order valence-corrected chi connectivity index (χ0v) is 21.4. The van der Waals surface area contributed by atoms with Gasteiger partial charge in [-0.15, -0.1) is 0 Å². The summed E-state index contributed by atoms with van der Waals surface area (Å²) in [5.74, 6) is -1.98. The van der Waals surface area contributed by atoms with Gasteiger partial charge in [0.2, 0.25) is 5.43 Å². The van der Waals surface area contributed by atoms with E-state index >= 15 is 0 Å². The number of fused-ring (bicyclic) bond motifs is 1. The average Bonchev–Trinajstić information content (AvgIpc) is 2.96. The van der Waals surface area contributed by atoms with Gasteiger partial charge in [0.25, 0.3) is 11.8 Å². The standard InChI is InChI=1S/C28H26F2N4O5/c1-37-24-14-23-25(32-28(24)38-2)26(35)20(16-34(23)15-19-21(29)4-3-5-22(19)30)27(36)31-17-6-8-18(9-7-17)33-10-12-39-13-11-33/h3-9,14,16H,10-13,15H2,1-2H3,(H,31,36). The first-order chi connectivity index (χ1) is 18.9. The summed E-state index contributed by atoms with van der Waals surface area (Å²) in [6.07, 6.45) is 1.27. The van der Waals surface area contributed by atoms with E-state index in [4.69, 9.17) is 14.2 Å². The molecule has 11 heteroatoms. The molecule has 5 rings (SSSR count). The van der Waals surface area contributed by atoms with Crippen LogP contribution in [0.4, 0.5) is 20.2 Å². The number of amides is 1. The highest BCUT2D eigenvalue weighted by molar-refractivity contribution is 6.05. The van der Waals surface area contributed by atoms with Gasteiger partial charge in [0.05, 0.1) is 39.5 Å². The van der Waals surface area contributed by atoms with Crippen LogP contribution < -0.4 is 25.1 Å². The van der Waals surface area contributed by atoms with Crippen molar-refractivity contribution in [2.24, 2.45) is 0 Å². The number of pyridine rings is 2. The lowest BCUT2D eigenvalue weighted by atomic mass is 10.1. The minimum atomic E-state index is -0.762. The molecule has 1 aliphatic rings. The molecule has 0 unspecified atom stereocenters. The second-order valence-electron chi connectivity index (χ2n) is 8.87. The highest BCUT2D eigenvalue weighted by atomic mass is 19.1. The molecule has 0 bridgehead atoms. The normalized spacial score (nSPS) is 13.4. The molecule has 0 aliphatic carbocycles. The van der Waals surface area contributed by atoms with Crippen LogP contribution in [0.25, 0.3) is 11.0 Å².